The predicted octanol–water partition coefficient (Wildman–Crippen LogP) is 4.21. The molecule has 116 valence electrons. The summed E-state index contributed by atoms with van der Waals surface area (Å²) in [6.07, 6.45) is 0. The highest BCUT2D eigenvalue weighted by atomic mass is 35.5. The molecule has 2 aromatic rings. The van der Waals surface area contributed by atoms with Crippen molar-refractivity contribution in [3.63, 3.8) is 0 Å². The van der Waals surface area contributed by atoms with Crippen molar-refractivity contribution in [2.75, 3.05) is 6.61 Å². The van der Waals surface area contributed by atoms with Crippen molar-refractivity contribution in [3.8, 4) is 5.75 Å². The van der Waals surface area contributed by atoms with Gasteiger partial charge in [0.1, 0.15) is 5.75 Å². The number of rotatable bonds is 5. The van der Waals surface area contributed by atoms with Crippen LogP contribution in [-0.2, 0) is 4.79 Å². The van der Waals surface area contributed by atoms with Crippen LogP contribution in [0.2, 0.25) is 5.02 Å². The van der Waals surface area contributed by atoms with Crippen LogP contribution in [0.15, 0.2) is 42.5 Å². The summed E-state index contributed by atoms with van der Waals surface area (Å²) in [5.41, 5.74) is 3.54. The molecular formula is C18H20ClNO2. The van der Waals surface area contributed by atoms with Gasteiger partial charge in [-0.25, -0.2) is 0 Å². The van der Waals surface area contributed by atoms with Crippen molar-refractivity contribution < 1.29 is 9.53 Å². The summed E-state index contributed by atoms with van der Waals surface area (Å²) in [5.74, 6) is 0.423. The van der Waals surface area contributed by atoms with E-state index in [-0.39, 0.29) is 18.6 Å². The fraction of sp³-hybridized carbons (Fsp3) is 0.278. The van der Waals surface area contributed by atoms with Crippen LogP contribution in [-0.4, -0.2) is 12.5 Å². The zero-order valence-electron chi connectivity index (χ0n) is 13.0. The fourth-order valence-electron chi connectivity index (χ4n) is 2.11. The molecule has 3 nitrogen and oxygen atoms in total. The van der Waals surface area contributed by atoms with Gasteiger partial charge in [-0.3, -0.25) is 4.79 Å². The fourth-order valence-corrected chi connectivity index (χ4v) is 2.29. The summed E-state index contributed by atoms with van der Waals surface area (Å²) < 4.78 is 5.43. The van der Waals surface area contributed by atoms with Gasteiger partial charge in [0.15, 0.2) is 6.61 Å². The average molecular weight is 318 g/mol. The molecule has 1 N–H and O–H groups in total. The van der Waals surface area contributed by atoms with Crippen molar-refractivity contribution >= 4 is 17.5 Å². The van der Waals surface area contributed by atoms with Crippen LogP contribution in [0, 0.1) is 13.8 Å². The van der Waals surface area contributed by atoms with Crippen LogP contribution >= 0.6 is 11.6 Å². The van der Waals surface area contributed by atoms with Gasteiger partial charge in [0.05, 0.1) is 6.04 Å². The van der Waals surface area contributed by atoms with Crippen LogP contribution in [0.4, 0.5) is 0 Å². The zero-order chi connectivity index (χ0) is 16.1. The Morgan fingerprint density at radius 1 is 1.18 bits per heavy atom. The number of hydrogen-bond acceptors (Lipinski definition) is 2. The number of carbonyl (C=O) groups excluding carboxylic acids is 1. The third kappa shape index (κ3) is 4.50. The molecule has 0 bridgehead atoms. The number of benzene rings is 2. The molecule has 0 aliphatic heterocycles. The van der Waals surface area contributed by atoms with Crippen molar-refractivity contribution in [1.82, 2.24) is 5.32 Å². The molecule has 0 saturated heterocycles. The molecule has 0 aliphatic carbocycles. The van der Waals surface area contributed by atoms with Crippen molar-refractivity contribution in [3.05, 3.63) is 64.2 Å². The molecular weight excluding hydrogens is 298 g/mol. The number of carbonyl (C=O) groups is 1. The van der Waals surface area contributed by atoms with Gasteiger partial charge in [-0.1, -0.05) is 35.9 Å². The Hall–Kier alpha value is -2.00. The molecule has 0 aliphatic rings. The normalized spacial score (nSPS) is 11.8. The first kappa shape index (κ1) is 16.4. The Labute approximate surface area is 136 Å². The van der Waals surface area contributed by atoms with E-state index in [0.717, 1.165) is 5.56 Å². The molecule has 2 rings (SSSR count). The highest BCUT2D eigenvalue weighted by Gasteiger charge is 2.11. The number of hydrogen-bond donors (Lipinski definition) is 1. The molecule has 0 saturated carbocycles. The van der Waals surface area contributed by atoms with E-state index in [1.165, 1.54) is 11.1 Å². The molecule has 0 heterocycles. The van der Waals surface area contributed by atoms with Gasteiger partial charge < -0.3 is 10.1 Å². The molecule has 0 radical (unpaired) electrons. The lowest BCUT2D eigenvalue weighted by Crippen LogP contribution is -2.31. The van der Waals surface area contributed by atoms with Gasteiger partial charge in [0.2, 0.25) is 0 Å². The maximum atomic E-state index is 12.0. The number of halogens is 1. The maximum absolute atomic E-state index is 12.0. The molecule has 1 atom stereocenters. The third-order valence-electron chi connectivity index (χ3n) is 3.57. The van der Waals surface area contributed by atoms with Crippen molar-refractivity contribution in [2.24, 2.45) is 0 Å². The summed E-state index contributed by atoms with van der Waals surface area (Å²) in [5, 5.41) is 3.52. The van der Waals surface area contributed by atoms with Crippen LogP contribution in [0.1, 0.15) is 29.7 Å². The average Bonchev–Trinajstić information content (AvgIpc) is 2.48. The SMILES string of the molecule is Cc1ccc([C@@H](C)NC(=O)COc2cccc(Cl)c2)cc1C. The van der Waals surface area contributed by atoms with Gasteiger partial charge >= 0.3 is 0 Å². The van der Waals surface area contributed by atoms with Gasteiger partial charge in [-0.05, 0) is 55.7 Å². The summed E-state index contributed by atoms with van der Waals surface area (Å²) in [6, 6.07) is 13.1. The van der Waals surface area contributed by atoms with Crippen LogP contribution < -0.4 is 10.1 Å². The second kappa shape index (κ2) is 7.32. The molecule has 1 amide bonds. The number of amides is 1. The molecule has 2 aromatic carbocycles. The molecule has 0 aromatic heterocycles. The van der Waals surface area contributed by atoms with Crippen LogP contribution in [0.5, 0.6) is 5.75 Å². The molecule has 0 spiro atoms. The number of nitrogens with one attached hydrogen (secondary N) is 1. The largest absolute Gasteiger partial charge is 0.484 e. The molecule has 0 unspecified atom stereocenters. The molecule has 0 fully saturated rings. The molecule has 22 heavy (non-hydrogen) atoms. The van der Waals surface area contributed by atoms with E-state index < -0.39 is 0 Å². The summed E-state index contributed by atoms with van der Waals surface area (Å²) in [7, 11) is 0. The van der Waals surface area contributed by atoms with Gasteiger partial charge in [0.25, 0.3) is 5.91 Å². The minimum atomic E-state index is -0.161. The van der Waals surface area contributed by atoms with Crippen molar-refractivity contribution in [1.29, 1.82) is 0 Å². The van der Waals surface area contributed by atoms with E-state index in [0.29, 0.717) is 10.8 Å². The lowest BCUT2D eigenvalue weighted by atomic mass is 10.0. The third-order valence-corrected chi connectivity index (χ3v) is 3.81. The van der Waals surface area contributed by atoms with E-state index in [1.54, 1.807) is 24.3 Å². The maximum Gasteiger partial charge on any atom is 0.258 e. The highest BCUT2D eigenvalue weighted by Crippen LogP contribution is 2.18. The smallest absolute Gasteiger partial charge is 0.258 e. The highest BCUT2D eigenvalue weighted by molar-refractivity contribution is 6.30. The first-order chi connectivity index (χ1) is 10.5. The van der Waals surface area contributed by atoms with Crippen molar-refractivity contribution in [2.45, 2.75) is 26.8 Å². The summed E-state index contributed by atoms with van der Waals surface area (Å²) in [6.45, 7) is 6.06. The van der Waals surface area contributed by atoms with E-state index in [2.05, 4.69) is 31.3 Å². The number of aryl methyl sites for hydroxylation is 2. The summed E-state index contributed by atoms with van der Waals surface area (Å²) in [4.78, 5) is 12.0. The topological polar surface area (TPSA) is 38.3 Å². The predicted molar refractivity (Wildman–Crippen MR) is 89.4 cm³/mol. The Bertz CT molecular complexity index is 670. The first-order valence-corrected chi connectivity index (χ1v) is 7.58. The lowest BCUT2D eigenvalue weighted by molar-refractivity contribution is -0.123. The van der Waals surface area contributed by atoms with Gasteiger partial charge in [-0.15, -0.1) is 0 Å². The van der Waals surface area contributed by atoms with E-state index in [4.69, 9.17) is 16.3 Å². The Kier molecular flexibility index (Phi) is 5.45. The Balaban J connectivity index is 1.89. The molecule has 4 heteroatoms. The van der Waals surface area contributed by atoms with E-state index >= 15 is 0 Å². The minimum Gasteiger partial charge on any atom is -0.484 e. The van der Waals surface area contributed by atoms with Gasteiger partial charge in [0, 0.05) is 5.02 Å². The second-order valence-electron chi connectivity index (χ2n) is 5.38. The van der Waals surface area contributed by atoms with E-state index in [9.17, 15) is 4.79 Å². The minimum absolute atomic E-state index is 0.0322. The number of ether oxygens (including phenoxy) is 1. The Morgan fingerprint density at radius 2 is 1.95 bits per heavy atom. The standard InChI is InChI=1S/C18H20ClNO2/c1-12-7-8-15(9-13(12)2)14(3)20-18(21)11-22-17-6-4-5-16(19)10-17/h4-10,14H,11H2,1-3H3,(H,20,21)/t14-/m1/s1. The van der Waals surface area contributed by atoms with Gasteiger partial charge in [-0.2, -0.15) is 0 Å². The monoisotopic (exact) mass is 317 g/mol. The first-order valence-electron chi connectivity index (χ1n) is 7.20. The van der Waals surface area contributed by atoms with E-state index in [1.807, 2.05) is 13.0 Å². The van der Waals surface area contributed by atoms with Crippen LogP contribution in [0.25, 0.3) is 0 Å². The second-order valence-corrected chi connectivity index (χ2v) is 5.82. The summed E-state index contributed by atoms with van der Waals surface area (Å²) >= 11 is 5.87. The Morgan fingerprint density at radius 3 is 2.64 bits per heavy atom. The lowest BCUT2D eigenvalue weighted by Gasteiger charge is -2.16. The zero-order valence-corrected chi connectivity index (χ0v) is 13.8. The van der Waals surface area contributed by atoms with Crippen LogP contribution in [0.3, 0.4) is 0 Å². The quantitative estimate of drug-likeness (QED) is 0.897.